The van der Waals surface area contributed by atoms with E-state index in [4.69, 9.17) is 9.47 Å². The number of esters is 1. The van der Waals surface area contributed by atoms with Crippen molar-refractivity contribution in [2.75, 3.05) is 26.9 Å². The van der Waals surface area contributed by atoms with Crippen LogP contribution in [0.4, 0.5) is 0 Å². The van der Waals surface area contributed by atoms with Crippen molar-refractivity contribution >= 4 is 5.97 Å². The molecular formula is C13H25NO3. The number of methoxy groups -OCH3 is 1. The smallest absolute Gasteiger partial charge is 0.326 e. The highest BCUT2D eigenvalue weighted by Crippen LogP contribution is 2.38. The minimum atomic E-state index is -0.469. The van der Waals surface area contributed by atoms with Crippen LogP contribution in [0.15, 0.2) is 0 Å². The summed E-state index contributed by atoms with van der Waals surface area (Å²) in [5.74, 6) is 0.304. The molecule has 4 heteroatoms. The van der Waals surface area contributed by atoms with E-state index in [1.807, 2.05) is 6.92 Å². The van der Waals surface area contributed by atoms with E-state index < -0.39 is 5.54 Å². The van der Waals surface area contributed by atoms with Crippen molar-refractivity contribution in [1.82, 2.24) is 5.32 Å². The molecule has 1 fully saturated rings. The van der Waals surface area contributed by atoms with Crippen molar-refractivity contribution < 1.29 is 14.3 Å². The van der Waals surface area contributed by atoms with Crippen LogP contribution in [-0.4, -0.2) is 38.4 Å². The third-order valence-corrected chi connectivity index (χ3v) is 3.70. The molecule has 1 N–H and O–H groups in total. The molecule has 0 radical (unpaired) electrons. The SMILES string of the molecule is CCOC(=O)C1(NCCOC)CCCC1CC. The lowest BCUT2D eigenvalue weighted by molar-refractivity contribution is -0.153. The molecule has 1 rings (SSSR count). The number of carbonyl (C=O) groups is 1. The average Bonchev–Trinajstić information content (AvgIpc) is 2.74. The second kappa shape index (κ2) is 6.97. The lowest BCUT2D eigenvalue weighted by atomic mass is 9.85. The zero-order valence-electron chi connectivity index (χ0n) is 11.3. The molecule has 1 aliphatic carbocycles. The fourth-order valence-corrected chi connectivity index (χ4v) is 2.84. The van der Waals surface area contributed by atoms with Crippen LogP contribution in [0.25, 0.3) is 0 Å². The Balaban J connectivity index is 2.72. The van der Waals surface area contributed by atoms with Crippen molar-refractivity contribution in [3.63, 3.8) is 0 Å². The summed E-state index contributed by atoms with van der Waals surface area (Å²) >= 11 is 0. The molecule has 0 bridgehead atoms. The predicted molar refractivity (Wildman–Crippen MR) is 66.9 cm³/mol. The van der Waals surface area contributed by atoms with Crippen molar-refractivity contribution in [2.45, 2.75) is 45.1 Å². The Morgan fingerprint density at radius 3 is 2.82 bits per heavy atom. The minimum absolute atomic E-state index is 0.0829. The van der Waals surface area contributed by atoms with E-state index in [-0.39, 0.29) is 5.97 Å². The Labute approximate surface area is 104 Å². The molecule has 0 amide bonds. The van der Waals surface area contributed by atoms with Crippen LogP contribution in [0.5, 0.6) is 0 Å². The second-order valence-electron chi connectivity index (χ2n) is 4.61. The first-order valence-electron chi connectivity index (χ1n) is 6.62. The van der Waals surface area contributed by atoms with Gasteiger partial charge in [-0.1, -0.05) is 19.8 Å². The molecule has 1 aliphatic rings. The van der Waals surface area contributed by atoms with E-state index in [0.29, 0.717) is 25.7 Å². The van der Waals surface area contributed by atoms with Crippen LogP contribution < -0.4 is 5.32 Å². The molecule has 0 aromatic heterocycles. The fraction of sp³-hybridized carbons (Fsp3) is 0.923. The molecule has 2 unspecified atom stereocenters. The van der Waals surface area contributed by atoms with Crippen LogP contribution in [0.2, 0.25) is 0 Å². The van der Waals surface area contributed by atoms with Crippen molar-refractivity contribution in [2.24, 2.45) is 5.92 Å². The summed E-state index contributed by atoms with van der Waals surface area (Å²) in [6.45, 7) is 5.77. The molecule has 100 valence electrons. The van der Waals surface area contributed by atoms with E-state index in [1.165, 1.54) is 0 Å². The van der Waals surface area contributed by atoms with E-state index in [0.717, 1.165) is 25.7 Å². The third-order valence-electron chi connectivity index (χ3n) is 3.70. The quantitative estimate of drug-likeness (QED) is 0.546. The summed E-state index contributed by atoms with van der Waals surface area (Å²) in [5, 5.41) is 3.38. The standard InChI is InChI=1S/C13H25NO3/c1-4-11-7-6-8-13(11,12(15)17-5-2)14-9-10-16-3/h11,14H,4-10H2,1-3H3. The molecule has 1 saturated carbocycles. The molecule has 2 atom stereocenters. The first kappa shape index (κ1) is 14.5. The first-order valence-corrected chi connectivity index (χ1v) is 6.62. The molecule has 4 nitrogen and oxygen atoms in total. The maximum Gasteiger partial charge on any atom is 0.326 e. The van der Waals surface area contributed by atoms with Crippen molar-refractivity contribution in [3.8, 4) is 0 Å². The third kappa shape index (κ3) is 3.19. The van der Waals surface area contributed by atoms with Crippen LogP contribution in [0, 0.1) is 5.92 Å². The number of rotatable bonds is 7. The molecule has 0 aromatic rings. The Kier molecular flexibility index (Phi) is 5.92. The second-order valence-corrected chi connectivity index (χ2v) is 4.61. The summed E-state index contributed by atoms with van der Waals surface area (Å²) in [6, 6.07) is 0. The monoisotopic (exact) mass is 243 g/mol. The summed E-state index contributed by atoms with van der Waals surface area (Å²) in [5.41, 5.74) is -0.469. The van der Waals surface area contributed by atoms with E-state index in [2.05, 4.69) is 12.2 Å². The Bertz CT molecular complexity index is 245. The van der Waals surface area contributed by atoms with Gasteiger partial charge in [0.15, 0.2) is 0 Å². The molecular weight excluding hydrogens is 218 g/mol. The number of carbonyl (C=O) groups excluding carboxylic acids is 1. The number of hydrogen-bond acceptors (Lipinski definition) is 4. The highest BCUT2D eigenvalue weighted by atomic mass is 16.5. The zero-order valence-corrected chi connectivity index (χ0v) is 11.3. The van der Waals surface area contributed by atoms with Gasteiger partial charge in [-0.05, 0) is 25.7 Å². The van der Waals surface area contributed by atoms with Crippen molar-refractivity contribution in [1.29, 1.82) is 0 Å². The number of ether oxygens (including phenoxy) is 2. The molecule has 0 aliphatic heterocycles. The normalized spacial score (nSPS) is 28.3. The van der Waals surface area contributed by atoms with Gasteiger partial charge in [-0.25, -0.2) is 0 Å². The van der Waals surface area contributed by atoms with Crippen LogP contribution in [-0.2, 0) is 14.3 Å². The zero-order chi connectivity index (χ0) is 12.7. The Hall–Kier alpha value is -0.610. The molecule has 0 spiro atoms. The maximum atomic E-state index is 12.2. The fourth-order valence-electron chi connectivity index (χ4n) is 2.84. The first-order chi connectivity index (χ1) is 8.21. The van der Waals surface area contributed by atoms with Gasteiger partial charge in [-0.3, -0.25) is 10.1 Å². The van der Waals surface area contributed by atoms with Crippen molar-refractivity contribution in [3.05, 3.63) is 0 Å². The van der Waals surface area contributed by atoms with E-state index in [1.54, 1.807) is 7.11 Å². The van der Waals surface area contributed by atoms with E-state index in [9.17, 15) is 4.79 Å². The van der Waals surface area contributed by atoms with E-state index >= 15 is 0 Å². The van der Waals surface area contributed by atoms with Gasteiger partial charge in [-0.15, -0.1) is 0 Å². The van der Waals surface area contributed by atoms with Crippen LogP contribution >= 0.6 is 0 Å². The largest absolute Gasteiger partial charge is 0.465 e. The maximum absolute atomic E-state index is 12.2. The highest BCUT2D eigenvalue weighted by molar-refractivity contribution is 5.81. The Morgan fingerprint density at radius 1 is 1.47 bits per heavy atom. The number of nitrogens with one attached hydrogen (secondary N) is 1. The summed E-state index contributed by atoms with van der Waals surface area (Å²) in [7, 11) is 1.67. The number of hydrogen-bond donors (Lipinski definition) is 1. The predicted octanol–water partition coefficient (Wildman–Crippen LogP) is 1.73. The van der Waals surface area contributed by atoms with Gasteiger partial charge in [-0.2, -0.15) is 0 Å². The topological polar surface area (TPSA) is 47.6 Å². The lowest BCUT2D eigenvalue weighted by Gasteiger charge is -2.33. The van der Waals surface area contributed by atoms with Gasteiger partial charge in [0.05, 0.1) is 13.2 Å². The van der Waals surface area contributed by atoms with Gasteiger partial charge < -0.3 is 9.47 Å². The molecule has 0 heterocycles. The Morgan fingerprint density at radius 2 is 2.24 bits per heavy atom. The van der Waals surface area contributed by atoms with Gasteiger partial charge in [0.2, 0.25) is 0 Å². The average molecular weight is 243 g/mol. The van der Waals surface area contributed by atoms with Gasteiger partial charge in [0.1, 0.15) is 5.54 Å². The summed E-state index contributed by atoms with van der Waals surface area (Å²) in [6.07, 6.45) is 4.10. The minimum Gasteiger partial charge on any atom is -0.465 e. The van der Waals surface area contributed by atoms with Gasteiger partial charge in [0.25, 0.3) is 0 Å². The molecule has 17 heavy (non-hydrogen) atoms. The summed E-state index contributed by atoms with van der Waals surface area (Å²) < 4.78 is 10.3. The highest BCUT2D eigenvalue weighted by Gasteiger charge is 2.48. The van der Waals surface area contributed by atoms with Gasteiger partial charge in [0, 0.05) is 13.7 Å². The van der Waals surface area contributed by atoms with Crippen LogP contribution in [0.3, 0.4) is 0 Å². The van der Waals surface area contributed by atoms with Gasteiger partial charge >= 0.3 is 5.97 Å². The molecule has 0 aromatic carbocycles. The lowest BCUT2D eigenvalue weighted by Crippen LogP contribution is -2.56. The summed E-state index contributed by atoms with van der Waals surface area (Å²) in [4.78, 5) is 12.2. The van der Waals surface area contributed by atoms with Crippen LogP contribution in [0.1, 0.15) is 39.5 Å². The molecule has 0 saturated heterocycles.